The first-order valence-corrected chi connectivity index (χ1v) is 9.63. The fourth-order valence-electron chi connectivity index (χ4n) is 3.84. The Balaban J connectivity index is 1.27. The van der Waals surface area contributed by atoms with Crippen LogP contribution in [0, 0.1) is 0 Å². The lowest BCUT2D eigenvalue weighted by molar-refractivity contribution is 0.249. The maximum absolute atomic E-state index is 4.57. The third-order valence-corrected chi connectivity index (χ3v) is 5.28. The van der Waals surface area contributed by atoms with Crippen LogP contribution in [0.1, 0.15) is 5.56 Å². The quantitative estimate of drug-likeness (QED) is 0.552. The van der Waals surface area contributed by atoms with Crippen LogP contribution in [0.4, 0.5) is 5.82 Å². The summed E-state index contributed by atoms with van der Waals surface area (Å²) in [6.07, 6.45) is 5.46. The van der Waals surface area contributed by atoms with Crippen LogP contribution >= 0.6 is 0 Å². The molecular weight excluding hydrogens is 348 g/mol. The van der Waals surface area contributed by atoms with Crippen LogP contribution < -0.4 is 4.90 Å². The van der Waals surface area contributed by atoms with Gasteiger partial charge in [0.05, 0.1) is 11.2 Å². The predicted molar refractivity (Wildman–Crippen MR) is 111 cm³/mol. The van der Waals surface area contributed by atoms with Gasteiger partial charge in [-0.25, -0.2) is 14.6 Å². The Kier molecular flexibility index (Phi) is 4.47. The number of aromatic nitrogens is 4. The Bertz CT molecular complexity index is 1060. The number of piperazine rings is 1. The zero-order valence-electron chi connectivity index (χ0n) is 15.6. The molecule has 1 aliphatic rings. The van der Waals surface area contributed by atoms with E-state index in [1.165, 1.54) is 5.56 Å². The molecule has 1 aliphatic heterocycles. The second-order valence-electron chi connectivity index (χ2n) is 7.10. The molecule has 0 N–H and O–H groups in total. The van der Waals surface area contributed by atoms with E-state index < -0.39 is 0 Å². The van der Waals surface area contributed by atoms with Crippen LogP contribution in [0.3, 0.4) is 0 Å². The monoisotopic (exact) mass is 370 g/mol. The Morgan fingerprint density at radius 1 is 0.857 bits per heavy atom. The summed E-state index contributed by atoms with van der Waals surface area (Å²) in [7, 11) is 0. The SMILES string of the molecule is c1cc(CN2CCN(c3ncnc4ccccc34)CC2)cc(-n2cccn2)c1. The molecule has 0 amide bonds. The number of para-hydroxylation sites is 1. The van der Waals surface area contributed by atoms with Crippen molar-refractivity contribution in [2.75, 3.05) is 31.1 Å². The molecule has 6 nitrogen and oxygen atoms in total. The number of benzene rings is 2. The topological polar surface area (TPSA) is 50.1 Å². The molecule has 4 aromatic rings. The maximum atomic E-state index is 4.57. The van der Waals surface area contributed by atoms with Gasteiger partial charge in [-0.05, 0) is 35.9 Å². The first-order chi connectivity index (χ1) is 13.9. The summed E-state index contributed by atoms with van der Waals surface area (Å²) in [5, 5.41) is 5.46. The minimum atomic E-state index is 0.952. The normalized spacial score (nSPS) is 15.2. The van der Waals surface area contributed by atoms with Gasteiger partial charge in [-0.3, -0.25) is 4.90 Å². The second-order valence-corrected chi connectivity index (χ2v) is 7.10. The lowest BCUT2D eigenvalue weighted by Gasteiger charge is -2.35. The molecule has 5 rings (SSSR count). The summed E-state index contributed by atoms with van der Waals surface area (Å²) in [4.78, 5) is 13.8. The molecule has 1 fully saturated rings. The average Bonchev–Trinajstić information content (AvgIpc) is 3.29. The zero-order chi connectivity index (χ0) is 18.8. The largest absolute Gasteiger partial charge is 0.353 e. The van der Waals surface area contributed by atoms with Gasteiger partial charge in [-0.1, -0.05) is 24.3 Å². The molecule has 1 saturated heterocycles. The van der Waals surface area contributed by atoms with Crippen LogP contribution in [0.2, 0.25) is 0 Å². The van der Waals surface area contributed by atoms with Crippen molar-refractivity contribution in [1.82, 2.24) is 24.6 Å². The van der Waals surface area contributed by atoms with Gasteiger partial charge in [0.2, 0.25) is 0 Å². The van der Waals surface area contributed by atoms with E-state index >= 15 is 0 Å². The van der Waals surface area contributed by atoms with Gasteiger partial charge in [0.25, 0.3) is 0 Å². The van der Waals surface area contributed by atoms with Gasteiger partial charge in [-0.2, -0.15) is 5.10 Å². The predicted octanol–water partition coefficient (Wildman–Crippen LogP) is 3.14. The number of hydrogen-bond donors (Lipinski definition) is 0. The summed E-state index contributed by atoms with van der Waals surface area (Å²) >= 11 is 0. The minimum absolute atomic E-state index is 0.952. The molecule has 0 radical (unpaired) electrons. The summed E-state index contributed by atoms with van der Waals surface area (Å²) in [6.45, 7) is 4.93. The van der Waals surface area contributed by atoms with E-state index in [-0.39, 0.29) is 0 Å². The highest BCUT2D eigenvalue weighted by Gasteiger charge is 2.20. The van der Waals surface area contributed by atoms with E-state index in [2.05, 4.69) is 61.3 Å². The lowest BCUT2D eigenvalue weighted by Crippen LogP contribution is -2.46. The third-order valence-electron chi connectivity index (χ3n) is 5.28. The van der Waals surface area contributed by atoms with Crippen molar-refractivity contribution < 1.29 is 0 Å². The molecule has 0 saturated carbocycles. The van der Waals surface area contributed by atoms with Crippen molar-refractivity contribution in [1.29, 1.82) is 0 Å². The first kappa shape index (κ1) is 16.9. The van der Waals surface area contributed by atoms with Gasteiger partial charge < -0.3 is 4.90 Å². The molecule has 6 heteroatoms. The van der Waals surface area contributed by atoms with Crippen LogP contribution in [0.5, 0.6) is 0 Å². The van der Waals surface area contributed by atoms with Gasteiger partial charge in [0, 0.05) is 50.5 Å². The molecule has 0 bridgehead atoms. The van der Waals surface area contributed by atoms with Gasteiger partial charge in [0.1, 0.15) is 12.1 Å². The highest BCUT2D eigenvalue weighted by Crippen LogP contribution is 2.24. The summed E-state index contributed by atoms with van der Waals surface area (Å²) in [5.41, 5.74) is 3.42. The highest BCUT2D eigenvalue weighted by molar-refractivity contribution is 5.89. The van der Waals surface area contributed by atoms with Gasteiger partial charge in [-0.15, -0.1) is 0 Å². The van der Waals surface area contributed by atoms with E-state index in [1.807, 2.05) is 35.3 Å². The molecule has 0 aliphatic carbocycles. The number of rotatable bonds is 4. The number of anilines is 1. The Hall–Kier alpha value is -3.25. The fraction of sp³-hybridized carbons (Fsp3) is 0.227. The van der Waals surface area contributed by atoms with E-state index in [9.17, 15) is 0 Å². The van der Waals surface area contributed by atoms with Crippen LogP contribution in [-0.2, 0) is 6.54 Å². The average molecular weight is 370 g/mol. The van der Waals surface area contributed by atoms with Gasteiger partial charge in [0.15, 0.2) is 0 Å². The number of nitrogens with zero attached hydrogens (tertiary/aromatic N) is 6. The zero-order valence-corrected chi connectivity index (χ0v) is 15.6. The standard InChI is InChI=1S/C22H22N6/c1-2-8-21-20(7-1)22(24-17-23-21)27-13-11-26(12-14-27)16-18-5-3-6-19(15-18)28-10-4-9-25-28/h1-10,15,17H,11-14,16H2. The van der Waals surface area contributed by atoms with Crippen molar-refractivity contribution in [2.45, 2.75) is 6.54 Å². The lowest BCUT2D eigenvalue weighted by atomic mass is 10.1. The van der Waals surface area contributed by atoms with Crippen LogP contribution in [-0.4, -0.2) is 50.8 Å². The van der Waals surface area contributed by atoms with E-state index in [0.29, 0.717) is 0 Å². The molecular formula is C22H22N6. The van der Waals surface area contributed by atoms with Crippen molar-refractivity contribution in [2.24, 2.45) is 0 Å². The third kappa shape index (κ3) is 3.34. The molecule has 0 atom stereocenters. The Morgan fingerprint density at radius 3 is 2.61 bits per heavy atom. The van der Waals surface area contributed by atoms with E-state index in [0.717, 1.165) is 55.1 Å². The molecule has 28 heavy (non-hydrogen) atoms. The Morgan fingerprint density at radius 2 is 1.75 bits per heavy atom. The number of fused-ring (bicyclic) bond motifs is 1. The van der Waals surface area contributed by atoms with Crippen molar-refractivity contribution in [3.63, 3.8) is 0 Å². The minimum Gasteiger partial charge on any atom is -0.353 e. The highest BCUT2D eigenvalue weighted by atomic mass is 15.3. The molecule has 140 valence electrons. The smallest absolute Gasteiger partial charge is 0.139 e. The fourth-order valence-corrected chi connectivity index (χ4v) is 3.84. The molecule has 0 spiro atoms. The first-order valence-electron chi connectivity index (χ1n) is 9.63. The summed E-state index contributed by atoms with van der Waals surface area (Å²) in [5.74, 6) is 1.05. The molecule has 3 heterocycles. The van der Waals surface area contributed by atoms with Crippen LogP contribution in [0.25, 0.3) is 16.6 Å². The second kappa shape index (κ2) is 7.40. The van der Waals surface area contributed by atoms with Crippen molar-refractivity contribution in [3.8, 4) is 5.69 Å². The maximum Gasteiger partial charge on any atom is 0.139 e. The number of hydrogen-bond acceptors (Lipinski definition) is 5. The molecule has 0 unspecified atom stereocenters. The molecule has 2 aromatic carbocycles. The summed E-state index contributed by atoms with van der Waals surface area (Å²) < 4.78 is 1.90. The van der Waals surface area contributed by atoms with Crippen LogP contribution in [0.15, 0.2) is 73.3 Å². The van der Waals surface area contributed by atoms with Gasteiger partial charge >= 0.3 is 0 Å². The summed E-state index contributed by atoms with van der Waals surface area (Å²) in [6, 6.07) is 18.8. The molecule has 2 aromatic heterocycles. The van der Waals surface area contributed by atoms with E-state index in [1.54, 1.807) is 6.33 Å². The van der Waals surface area contributed by atoms with E-state index in [4.69, 9.17) is 0 Å². The Labute approximate surface area is 164 Å². The van der Waals surface area contributed by atoms with Crippen molar-refractivity contribution in [3.05, 3.63) is 78.9 Å². The van der Waals surface area contributed by atoms with Crippen molar-refractivity contribution >= 4 is 16.7 Å².